The number of rotatable bonds is 3. The molecule has 2 rings (SSSR count). The Balaban J connectivity index is 2.08. The van der Waals surface area contributed by atoms with Crippen LogP contribution in [0.5, 0.6) is 5.75 Å². The highest BCUT2D eigenvalue weighted by Gasteiger charge is 2.20. The maximum Gasteiger partial charge on any atom is 0.129 e. The van der Waals surface area contributed by atoms with E-state index in [1.54, 1.807) is 7.11 Å². The monoisotopic (exact) mass is 264 g/mol. The summed E-state index contributed by atoms with van der Waals surface area (Å²) in [6.45, 7) is 7.51. The van der Waals surface area contributed by atoms with Crippen LogP contribution in [0, 0.1) is 0 Å². The minimum atomic E-state index is 0.862. The van der Waals surface area contributed by atoms with Gasteiger partial charge in [-0.2, -0.15) is 0 Å². The Morgan fingerprint density at radius 1 is 1.22 bits per heavy atom. The van der Waals surface area contributed by atoms with Crippen LogP contribution in [0.15, 0.2) is 24.3 Å². The number of ether oxygens (including phenoxy) is 1. The molecule has 0 aromatic heterocycles. The molecule has 0 amide bonds. The molecule has 1 heterocycles. The zero-order chi connectivity index (χ0) is 13.0. The number of hydrogen-bond donors (Lipinski definition) is 0. The summed E-state index contributed by atoms with van der Waals surface area (Å²) >= 11 is 5.60. The van der Waals surface area contributed by atoms with Gasteiger partial charge < -0.3 is 14.5 Å². The minimum absolute atomic E-state index is 0.862. The van der Waals surface area contributed by atoms with Crippen molar-refractivity contribution in [2.45, 2.75) is 6.92 Å². The van der Waals surface area contributed by atoms with Crippen LogP contribution < -0.4 is 4.74 Å². The van der Waals surface area contributed by atoms with Gasteiger partial charge in [-0.15, -0.1) is 0 Å². The first-order chi connectivity index (χ1) is 8.76. The Morgan fingerprint density at radius 2 is 1.89 bits per heavy atom. The Hall–Kier alpha value is -1.13. The van der Waals surface area contributed by atoms with Crippen molar-refractivity contribution in [1.29, 1.82) is 0 Å². The molecule has 3 nitrogen and oxygen atoms in total. The fourth-order valence-corrected chi connectivity index (χ4v) is 2.61. The lowest BCUT2D eigenvalue weighted by molar-refractivity contribution is 0.192. The fourth-order valence-electron chi connectivity index (χ4n) is 2.26. The van der Waals surface area contributed by atoms with Gasteiger partial charge in [0.15, 0.2) is 0 Å². The van der Waals surface area contributed by atoms with E-state index < -0.39 is 0 Å². The molecule has 0 atom stereocenters. The van der Waals surface area contributed by atoms with Crippen molar-refractivity contribution < 1.29 is 4.74 Å². The van der Waals surface area contributed by atoms with Gasteiger partial charge in [0.2, 0.25) is 0 Å². The van der Waals surface area contributed by atoms with Gasteiger partial charge in [0, 0.05) is 26.2 Å². The molecule has 1 saturated heterocycles. The van der Waals surface area contributed by atoms with Crippen LogP contribution in [0.2, 0.25) is 0 Å². The van der Waals surface area contributed by atoms with Crippen molar-refractivity contribution in [3.63, 3.8) is 0 Å². The summed E-state index contributed by atoms with van der Waals surface area (Å²) < 4.78 is 5.37. The molecule has 4 heteroatoms. The first kappa shape index (κ1) is 13.3. The highest BCUT2D eigenvalue weighted by atomic mass is 32.1. The zero-order valence-electron chi connectivity index (χ0n) is 11.1. The largest absolute Gasteiger partial charge is 0.496 e. The molecular weight excluding hydrogens is 244 g/mol. The molecule has 0 saturated carbocycles. The summed E-state index contributed by atoms with van der Waals surface area (Å²) in [7, 11) is 1.69. The third kappa shape index (κ3) is 2.82. The number of nitrogens with zero attached hydrogens (tertiary/aromatic N) is 2. The second-order valence-corrected chi connectivity index (χ2v) is 4.81. The highest BCUT2D eigenvalue weighted by Crippen LogP contribution is 2.20. The van der Waals surface area contributed by atoms with Crippen LogP contribution in [0.4, 0.5) is 0 Å². The molecule has 0 radical (unpaired) electrons. The van der Waals surface area contributed by atoms with Crippen molar-refractivity contribution in [3.8, 4) is 5.75 Å². The summed E-state index contributed by atoms with van der Waals surface area (Å²) in [6.07, 6.45) is 0. The standard InChI is InChI=1S/C14H20N2OS/c1-3-15-8-10-16(11-9-15)14(18)12-6-4-5-7-13(12)17-2/h4-7H,3,8-11H2,1-2H3. The SMILES string of the molecule is CCN1CCN(C(=S)c2ccccc2OC)CC1. The van der Waals surface area contributed by atoms with Crippen molar-refractivity contribution in [1.82, 2.24) is 9.80 Å². The quantitative estimate of drug-likeness (QED) is 0.776. The van der Waals surface area contributed by atoms with Crippen LogP contribution in [-0.4, -0.2) is 54.6 Å². The van der Waals surface area contributed by atoms with Gasteiger partial charge in [-0.05, 0) is 18.7 Å². The number of piperazine rings is 1. The number of thiocarbonyl (C=S) groups is 1. The van der Waals surface area contributed by atoms with Gasteiger partial charge in [-0.3, -0.25) is 0 Å². The molecule has 18 heavy (non-hydrogen) atoms. The lowest BCUT2D eigenvalue weighted by Gasteiger charge is -2.35. The third-order valence-electron chi connectivity index (χ3n) is 3.44. The fraction of sp³-hybridized carbons (Fsp3) is 0.500. The summed E-state index contributed by atoms with van der Waals surface area (Å²) in [5, 5.41) is 0. The van der Waals surface area contributed by atoms with E-state index in [1.165, 1.54) is 0 Å². The third-order valence-corrected chi connectivity index (χ3v) is 3.92. The van der Waals surface area contributed by atoms with Crippen LogP contribution in [0.25, 0.3) is 0 Å². The number of methoxy groups -OCH3 is 1. The maximum absolute atomic E-state index is 5.60. The highest BCUT2D eigenvalue weighted by molar-refractivity contribution is 7.80. The van der Waals surface area contributed by atoms with E-state index in [0.29, 0.717) is 0 Å². The van der Waals surface area contributed by atoms with Crippen LogP contribution >= 0.6 is 12.2 Å². The minimum Gasteiger partial charge on any atom is -0.496 e. The molecule has 0 N–H and O–H groups in total. The molecule has 0 unspecified atom stereocenters. The number of hydrogen-bond acceptors (Lipinski definition) is 3. The van der Waals surface area contributed by atoms with Crippen molar-refractivity contribution in [2.75, 3.05) is 39.8 Å². The lowest BCUT2D eigenvalue weighted by Crippen LogP contribution is -2.48. The number of para-hydroxylation sites is 1. The van der Waals surface area contributed by atoms with E-state index in [0.717, 1.165) is 49.0 Å². The lowest BCUT2D eigenvalue weighted by atomic mass is 10.1. The summed E-state index contributed by atoms with van der Waals surface area (Å²) in [5.74, 6) is 0.862. The summed E-state index contributed by atoms with van der Waals surface area (Å²) in [6, 6.07) is 7.98. The Labute approximate surface area is 114 Å². The molecule has 98 valence electrons. The molecule has 1 aromatic carbocycles. The Morgan fingerprint density at radius 3 is 2.50 bits per heavy atom. The second kappa shape index (κ2) is 6.16. The Kier molecular flexibility index (Phi) is 4.55. The second-order valence-electron chi connectivity index (χ2n) is 4.43. The van der Waals surface area contributed by atoms with Gasteiger partial charge >= 0.3 is 0 Å². The average molecular weight is 264 g/mol. The normalized spacial score (nSPS) is 16.7. The van der Waals surface area contributed by atoms with Gasteiger partial charge in [0.25, 0.3) is 0 Å². The Bertz CT molecular complexity index is 414. The average Bonchev–Trinajstić information content (AvgIpc) is 2.46. The molecule has 1 aliphatic heterocycles. The maximum atomic E-state index is 5.60. The van der Waals surface area contributed by atoms with E-state index in [1.807, 2.05) is 24.3 Å². The predicted octanol–water partition coefficient (Wildman–Crippen LogP) is 2.01. The molecule has 0 spiro atoms. The van der Waals surface area contributed by atoms with E-state index >= 15 is 0 Å². The van der Waals surface area contributed by atoms with Gasteiger partial charge in [-0.25, -0.2) is 0 Å². The van der Waals surface area contributed by atoms with Crippen LogP contribution in [0.1, 0.15) is 12.5 Å². The van der Waals surface area contributed by atoms with Crippen molar-refractivity contribution >= 4 is 17.2 Å². The first-order valence-electron chi connectivity index (χ1n) is 6.41. The van der Waals surface area contributed by atoms with E-state index in [9.17, 15) is 0 Å². The van der Waals surface area contributed by atoms with Crippen LogP contribution in [0.3, 0.4) is 0 Å². The van der Waals surface area contributed by atoms with Crippen LogP contribution in [-0.2, 0) is 0 Å². The smallest absolute Gasteiger partial charge is 0.129 e. The molecule has 0 bridgehead atoms. The van der Waals surface area contributed by atoms with Gasteiger partial charge in [0.05, 0.1) is 12.7 Å². The van der Waals surface area contributed by atoms with Crippen molar-refractivity contribution in [3.05, 3.63) is 29.8 Å². The molecule has 1 fully saturated rings. The van der Waals surface area contributed by atoms with Gasteiger partial charge in [-0.1, -0.05) is 31.3 Å². The topological polar surface area (TPSA) is 15.7 Å². The van der Waals surface area contributed by atoms with E-state index in [-0.39, 0.29) is 0 Å². The molecule has 1 aliphatic rings. The van der Waals surface area contributed by atoms with E-state index in [2.05, 4.69) is 16.7 Å². The number of likely N-dealkylation sites (N-methyl/N-ethyl adjacent to an activating group) is 1. The molecule has 0 aliphatic carbocycles. The number of benzene rings is 1. The summed E-state index contributed by atoms with van der Waals surface area (Å²) in [5.41, 5.74) is 1.03. The van der Waals surface area contributed by atoms with Crippen molar-refractivity contribution in [2.24, 2.45) is 0 Å². The first-order valence-corrected chi connectivity index (χ1v) is 6.81. The van der Waals surface area contributed by atoms with E-state index in [4.69, 9.17) is 17.0 Å². The molecular formula is C14H20N2OS. The van der Waals surface area contributed by atoms with Gasteiger partial charge in [0.1, 0.15) is 10.7 Å². The predicted molar refractivity (Wildman–Crippen MR) is 78.4 cm³/mol. The molecule has 1 aromatic rings. The zero-order valence-corrected chi connectivity index (χ0v) is 11.9. The summed E-state index contributed by atoms with van der Waals surface area (Å²) in [4.78, 5) is 5.63.